The van der Waals surface area contributed by atoms with Gasteiger partial charge >= 0.3 is 0 Å². The van der Waals surface area contributed by atoms with Crippen LogP contribution >= 0.6 is 0 Å². The highest BCUT2D eigenvalue weighted by Crippen LogP contribution is 2.24. The number of amides is 2. The van der Waals surface area contributed by atoms with Crippen molar-refractivity contribution in [2.75, 3.05) is 13.6 Å². The summed E-state index contributed by atoms with van der Waals surface area (Å²) in [6.45, 7) is 8.35. The van der Waals surface area contributed by atoms with Crippen molar-refractivity contribution in [3.8, 4) is 0 Å². The molecule has 0 unspecified atom stereocenters. The van der Waals surface area contributed by atoms with E-state index >= 15 is 0 Å². The van der Waals surface area contributed by atoms with Crippen LogP contribution in [0.1, 0.15) is 61.6 Å². The predicted octanol–water partition coefficient (Wildman–Crippen LogP) is 4.23. The van der Waals surface area contributed by atoms with Crippen LogP contribution in [-0.2, 0) is 10.2 Å². The second kappa shape index (κ2) is 9.52. The second-order valence-electron chi connectivity index (χ2n) is 8.37. The summed E-state index contributed by atoms with van der Waals surface area (Å²) in [5.41, 5.74) is 2.38. The van der Waals surface area contributed by atoms with Crippen molar-refractivity contribution in [3.63, 3.8) is 0 Å². The number of nitrogens with one attached hydrogen (secondary N) is 1. The zero-order valence-electron chi connectivity index (χ0n) is 18.1. The molecule has 7 heteroatoms. The van der Waals surface area contributed by atoms with Gasteiger partial charge in [0, 0.05) is 37.7 Å². The molecule has 0 aliphatic rings. The minimum atomic E-state index is -0.457. The summed E-state index contributed by atoms with van der Waals surface area (Å²) in [5, 5.41) is 13.7. The molecule has 1 atom stereocenters. The molecule has 0 saturated carbocycles. The van der Waals surface area contributed by atoms with Crippen molar-refractivity contribution in [2.45, 2.75) is 45.6 Å². The second-order valence-corrected chi connectivity index (χ2v) is 8.37. The molecule has 0 spiro atoms. The minimum Gasteiger partial charge on any atom is -0.352 e. The fourth-order valence-corrected chi connectivity index (χ4v) is 3.02. The highest BCUT2D eigenvalue weighted by molar-refractivity contribution is 5.94. The molecule has 0 aliphatic heterocycles. The van der Waals surface area contributed by atoms with Gasteiger partial charge in [0.1, 0.15) is 0 Å². The lowest BCUT2D eigenvalue weighted by atomic mass is 9.87. The largest absolute Gasteiger partial charge is 0.352 e. The van der Waals surface area contributed by atoms with Crippen LogP contribution in [0.4, 0.5) is 5.69 Å². The molecule has 2 aromatic carbocycles. The minimum absolute atomic E-state index is 0.00931. The number of carbonyl (C=O) groups is 2. The third-order valence-electron chi connectivity index (χ3n) is 5.18. The van der Waals surface area contributed by atoms with E-state index in [4.69, 9.17) is 0 Å². The van der Waals surface area contributed by atoms with Crippen molar-refractivity contribution >= 4 is 17.5 Å². The van der Waals surface area contributed by atoms with E-state index in [2.05, 4.69) is 26.1 Å². The van der Waals surface area contributed by atoms with Gasteiger partial charge in [0.25, 0.3) is 11.6 Å². The van der Waals surface area contributed by atoms with Crippen LogP contribution in [0.2, 0.25) is 0 Å². The maximum atomic E-state index is 12.5. The number of nitro benzene ring substituents is 1. The van der Waals surface area contributed by atoms with Crippen LogP contribution in [0.15, 0.2) is 48.5 Å². The van der Waals surface area contributed by atoms with Crippen LogP contribution in [0.25, 0.3) is 0 Å². The lowest BCUT2D eigenvalue weighted by molar-refractivity contribution is -0.384. The first-order valence-electron chi connectivity index (χ1n) is 9.89. The molecule has 160 valence electrons. The number of carbonyl (C=O) groups excluding carboxylic acids is 2. The Labute approximate surface area is 177 Å². The summed E-state index contributed by atoms with van der Waals surface area (Å²) in [4.78, 5) is 36.8. The Morgan fingerprint density at radius 2 is 1.77 bits per heavy atom. The Hall–Kier alpha value is -3.22. The average molecular weight is 412 g/mol. The van der Waals surface area contributed by atoms with Crippen molar-refractivity contribution in [3.05, 3.63) is 75.3 Å². The number of rotatable bonds is 7. The summed E-state index contributed by atoms with van der Waals surface area (Å²) >= 11 is 0. The van der Waals surface area contributed by atoms with Gasteiger partial charge in [0.2, 0.25) is 5.91 Å². The molecule has 0 heterocycles. The maximum Gasteiger partial charge on any atom is 0.269 e. The Balaban J connectivity index is 1.89. The van der Waals surface area contributed by atoms with Gasteiger partial charge < -0.3 is 10.2 Å². The molecule has 1 N–H and O–H groups in total. The number of hydrogen-bond acceptors (Lipinski definition) is 4. The Kier molecular flexibility index (Phi) is 7.32. The zero-order valence-corrected chi connectivity index (χ0v) is 18.1. The average Bonchev–Trinajstić information content (AvgIpc) is 2.72. The lowest BCUT2D eigenvalue weighted by Crippen LogP contribution is -2.33. The topological polar surface area (TPSA) is 92.6 Å². The first-order chi connectivity index (χ1) is 14.0. The highest BCUT2D eigenvalue weighted by atomic mass is 16.6. The van der Waals surface area contributed by atoms with Gasteiger partial charge in [-0.1, -0.05) is 45.0 Å². The standard InChI is InChI=1S/C23H29N3O4/c1-16(18-7-6-8-20(15-18)26(29)30)25(5)21(27)13-14-24-22(28)17-9-11-19(12-10-17)23(2,3)4/h6-12,15-16H,13-14H2,1-5H3,(H,24,28)/t16-/m0/s1. The van der Waals surface area contributed by atoms with Gasteiger partial charge in [-0.05, 0) is 35.6 Å². The fourth-order valence-electron chi connectivity index (χ4n) is 3.02. The predicted molar refractivity (Wildman–Crippen MR) is 116 cm³/mol. The molecule has 2 rings (SSSR count). The molecule has 0 saturated heterocycles. The van der Waals surface area contributed by atoms with Crippen LogP contribution < -0.4 is 5.32 Å². The third-order valence-corrected chi connectivity index (χ3v) is 5.18. The summed E-state index contributed by atoms with van der Waals surface area (Å²) in [6, 6.07) is 13.4. The van der Waals surface area contributed by atoms with E-state index in [0.717, 1.165) is 5.56 Å². The fraction of sp³-hybridized carbons (Fsp3) is 0.391. The number of nitrogens with zero attached hydrogens (tertiary/aromatic N) is 2. The van der Waals surface area contributed by atoms with Crippen LogP contribution in [0, 0.1) is 10.1 Å². The quantitative estimate of drug-likeness (QED) is 0.545. The van der Waals surface area contributed by atoms with E-state index in [-0.39, 0.29) is 41.9 Å². The first kappa shape index (κ1) is 23.1. The summed E-state index contributed by atoms with van der Waals surface area (Å²) in [7, 11) is 1.65. The van der Waals surface area contributed by atoms with E-state index in [1.54, 1.807) is 31.3 Å². The summed E-state index contributed by atoms with van der Waals surface area (Å²) < 4.78 is 0. The molecule has 0 aromatic heterocycles. The van der Waals surface area contributed by atoms with E-state index < -0.39 is 4.92 Å². The van der Waals surface area contributed by atoms with Crippen molar-refractivity contribution < 1.29 is 14.5 Å². The highest BCUT2D eigenvalue weighted by Gasteiger charge is 2.19. The van der Waals surface area contributed by atoms with Gasteiger partial charge in [0.05, 0.1) is 11.0 Å². The molecule has 2 amide bonds. The number of hydrogen-bond donors (Lipinski definition) is 1. The Morgan fingerprint density at radius 1 is 1.13 bits per heavy atom. The molecule has 30 heavy (non-hydrogen) atoms. The van der Waals surface area contributed by atoms with Crippen LogP contribution in [-0.4, -0.2) is 35.2 Å². The van der Waals surface area contributed by atoms with E-state index in [1.807, 2.05) is 19.1 Å². The molecule has 7 nitrogen and oxygen atoms in total. The van der Waals surface area contributed by atoms with E-state index in [1.165, 1.54) is 17.0 Å². The maximum absolute atomic E-state index is 12.5. The summed E-state index contributed by atoms with van der Waals surface area (Å²) in [6.07, 6.45) is 0.140. The molecule has 0 aliphatic carbocycles. The van der Waals surface area contributed by atoms with Crippen LogP contribution in [0.3, 0.4) is 0 Å². The normalized spacial score (nSPS) is 12.2. The third kappa shape index (κ3) is 5.89. The van der Waals surface area contributed by atoms with Gasteiger partial charge in [-0.3, -0.25) is 19.7 Å². The number of non-ortho nitro benzene ring substituents is 1. The van der Waals surface area contributed by atoms with Gasteiger partial charge in [-0.25, -0.2) is 0 Å². The van der Waals surface area contributed by atoms with Crippen molar-refractivity contribution in [2.24, 2.45) is 0 Å². The summed E-state index contributed by atoms with van der Waals surface area (Å²) in [5.74, 6) is -0.380. The number of nitro groups is 1. The lowest BCUT2D eigenvalue weighted by Gasteiger charge is -2.25. The van der Waals surface area contributed by atoms with Crippen molar-refractivity contribution in [1.29, 1.82) is 0 Å². The number of benzene rings is 2. The van der Waals surface area contributed by atoms with Crippen molar-refractivity contribution in [1.82, 2.24) is 10.2 Å². The molecular formula is C23H29N3O4. The van der Waals surface area contributed by atoms with Gasteiger partial charge in [-0.2, -0.15) is 0 Å². The van der Waals surface area contributed by atoms with Crippen LogP contribution in [0.5, 0.6) is 0 Å². The Morgan fingerprint density at radius 3 is 2.33 bits per heavy atom. The monoisotopic (exact) mass is 411 g/mol. The molecule has 2 aromatic rings. The van der Waals surface area contributed by atoms with Gasteiger partial charge in [0.15, 0.2) is 0 Å². The Bertz CT molecular complexity index is 917. The molecule has 0 radical (unpaired) electrons. The molecule has 0 bridgehead atoms. The van der Waals surface area contributed by atoms with E-state index in [0.29, 0.717) is 11.1 Å². The van der Waals surface area contributed by atoms with Gasteiger partial charge in [-0.15, -0.1) is 0 Å². The molecule has 0 fully saturated rings. The zero-order chi connectivity index (χ0) is 22.5. The SMILES string of the molecule is C[C@@H](c1cccc([N+](=O)[O-])c1)N(C)C(=O)CCNC(=O)c1ccc(C(C)(C)C)cc1. The molecular weight excluding hydrogens is 382 g/mol. The van der Waals surface area contributed by atoms with E-state index in [9.17, 15) is 19.7 Å². The smallest absolute Gasteiger partial charge is 0.269 e. The first-order valence-corrected chi connectivity index (χ1v) is 9.89.